The van der Waals surface area contributed by atoms with Crippen molar-refractivity contribution in [1.82, 2.24) is 0 Å². The van der Waals surface area contributed by atoms with E-state index in [-0.39, 0.29) is 5.41 Å². The number of rotatable bonds is 1. The van der Waals surface area contributed by atoms with Crippen LogP contribution >= 0.6 is 0 Å². The molecule has 1 rings (SSSR count). The maximum atomic E-state index is 4.52. The molecule has 0 fully saturated rings. The maximum absolute atomic E-state index is 4.52. The first-order chi connectivity index (χ1) is 6.04. The highest BCUT2D eigenvalue weighted by atomic mass is 14.8. The summed E-state index contributed by atoms with van der Waals surface area (Å²) >= 11 is 0. The van der Waals surface area contributed by atoms with Crippen LogP contribution in [-0.2, 0) is 0 Å². The van der Waals surface area contributed by atoms with Gasteiger partial charge in [0, 0.05) is 11.1 Å². The summed E-state index contributed by atoms with van der Waals surface area (Å²) in [6.07, 6.45) is 5.93. The Morgan fingerprint density at radius 3 is 2.46 bits per heavy atom. The zero-order valence-electron chi connectivity index (χ0n) is 8.89. The standard InChI is InChI=1S/C12H17N/c1-6-8-10-11(7-2)13-9(3)12(10,4)5/h6-8H,1H2,2-5H3/b10-8+,11-7+. The van der Waals surface area contributed by atoms with Crippen LogP contribution < -0.4 is 0 Å². The minimum atomic E-state index is 0.0655. The minimum Gasteiger partial charge on any atom is -0.257 e. The first-order valence-corrected chi connectivity index (χ1v) is 4.59. The number of allylic oxidation sites excluding steroid dienone is 4. The van der Waals surface area contributed by atoms with Crippen LogP contribution in [0.4, 0.5) is 0 Å². The van der Waals surface area contributed by atoms with Crippen molar-refractivity contribution >= 4 is 5.71 Å². The first-order valence-electron chi connectivity index (χ1n) is 4.59. The van der Waals surface area contributed by atoms with Gasteiger partial charge in [-0.2, -0.15) is 0 Å². The van der Waals surface area contributed by atoms with Crippen molar-refractivity contribution in [3.63, 3.8) is 0 Å². The molecular weight excluding hydrogens is 158 g/mol. The van der Waals surface area contributed by atoms with E-state index in [2.05, 4.69) is 38.4 Å². The molecule has 0 aromatic rings. The van der Waals surface area contributed by atoms with E-state index in [4.69, 9.17) is 0 Å². The molecule has 1 aliphatic rings. The highest BCUT2D eigenvalue weighted by Crippen LogP contribution is 2.40. The van der Waals surface area contributed by atoms with Crippen LogP contribution in [0.3, 0.4) is 0 Å². The fraction of sp³-hybridized carbons (Fsp3) is 0.417. The Morgan fingerprint density at radius 1 is 1.38 bits per heavy atom. The predicted molar refractivity (Wildman–Crippen MR) is 58.9 cm³/mol. The first kappa shape index (κ1) is 9.97. The molecule has 0 aliphatic carbocycles. The molecule has 0 amide bonds. The smallest absolute Gasteiger partial charge is 0.0627 e. The third-order valence-corrected chi connectivity index (χ3v) is 2.70. The van der Waals surface area contributed by atoms with Crippen LogP contribution in [0.1, 0.15) is 27.7 Å². The summed E-state index contributed by atoms with van der Waals surface area (Å²) in [6, 6.07) is 0. The summed E-state index contributed by atoms with van der Waals surface area (Å²) in [5, 5.41) is 0. The number of nitrogens with zero attached hydrogens (tertiary/aromatic N) is 1. The Bertz CT molecular complexity index is 314. The molecule has 0 aromatic heterocycles. The summed E-state index contributed by atoms with van der Waals surface area (Å²) in [5.41, 5.74) is 3.59. The molecular formula is C12H17N. The van der Waals surface area contributed by atoms with E-state index < -0.39 is 0 Å². The molecule has 13 heavy (non-hydrogen) atoms. The second kappa shape index (κ2) is 3.33. The maximum Gasteiger partial charge on any atom is 0.0627 e. The Balaban J connectivity index is 3.24. The van der Waals surface area contributed by atoms with Crippen LogP contribution in [0, 0.1) is 5.41 Å². The average Bonchev–Trinajstić information content (AvgIpc) is 2.29. The van der Waals surface area contributed by atoms with Gasteiger partial charge in [-0.05, 0) is 19.4 Å². The molecule has 70 valence electrons. The second-order valence-electron chi connectivity index (χ2n) is 3.81. The Hall–Kier alpha value is -1.11. The Labute approximate surface area is 80.6 Å². The van der Waals surface area contributed by atoms with Crippen molar-refractivity contribution in [1.29, 1.82) is 0 Å². The molecule has 0 spiro atoms. The van der Waals surface area contributed by atoms with Gasteiger partial charge in [0.1, 0.15) is 0 Å². The van der Waals surface area contributed by atoms with Gasteiger partial charge in [0.25, 0.3) is 0 Å². The van der Waals surface area contributed by atoms with E-state index in [1.54, 1.807) is 0 Å². The summed E-state index contributed by atoms with van der Waals surface area (Å²) in [5.74, 6) is 0. The van der Waals surface area contributed by atoms with Gasteiger partial charge < -0.3 is 0 Å². The van der Waals surface area contributed by atoms with Crippen molar-refractivity contribution in [2.75, 3.05) is 0 Å². The van der Waals surface area contributed by atoms with E-state index >= 15 is 0 Å². The SMILES string of the molecule is C=C/C=C1\C(=C/C)N=C(C)C1(C)C. The van der Waals surface area contributed by atoms with Crippen LogP contribution in [0.5, 0.6) is 0 Å². The molecule has 0 aromatic carbocycles. The zero-order chi connectivity index (χ0) is 10.1. The van der Waals surface area contributed by atoms with Gasteiger partial charge in [0.15, 0.2) is 0 Å². The molecule has 0 atom stereocenters. The monoisotopic (exact) mass is 175 g/mol. The lowest BCUT2D eigenvalue weighted by Crippen LogP contribution is -2.18. The van der Waals surface area contributed by atoms with Gasteiger partial charge in [-0.3, -0.25) is 4.99 Å². The lowest BCUT2D eigenvalue weighted by molar-refractivity contribution is 0.653. The number of hydrogen-bond acceptors (Lipinski definition) is 1. The van der Waals surface area contributed by atoms with Crippen LogP contribution in [0.25, 0.3) is 0 Å². The van der Waals surface area contributed by atoms with Gasteiger partial charge in [-0.25, -0.2) is 0 Å². The van der Waals surface area contributed by atoms with Crippen LogP contribution in [0.2, 0.25) is 0 Å². The van der Waals surface area contributed by atoms with Crippen LogP contribution in [0.15, 0.2) is 41.1 Å². The van der Waals surface area contributed by atoms with Gasteiger partial charge in [0.2, 0.25) is 0 Å². The number of hydrogen-bond donors (Lipinski definition) is 0. The topological polar surface area (TPSA) is 12.4 Å². The largest absolute Gasteiger partial charge is 0.257 e. The molecule has 0 N–H and O–H groups in total. The molecule has 0 saturated carbocycles. The van der Waals surface area contributed by atoms with E-state index in [0.29, 0.717) is 0 Å². The van der Waals surface area contributed by atoms with Gasteiger partial charge in [0.05, 0.1) is 5.70 Å². The average molecular weight is 175 g/mol. The summed E-state index contributed by atoms with van der Waals surface area (Å²) in [7, 11) is 0. The molecule has 1 nitrogen and oxygen atoms in total. The number of aliphatic imine (C=N–C) groups is 1. The van der Waals surface area contributed by atoms with Crippen molar-refractivity contribution < 1.29 is 0 Å². The lowest BCUT2D eigenvalue weighted by atomic mass is 9.81. The van der Waals surface area contributed by atoms with E-state index in [1.807, 2.05) is 19.1 Å². The molecule has 0 radical (unpaired) electrons. The fourth-order valence-corrected chi connectivity index (χ4v) is 1.53. The molecule has 1 heteroatoms. The van der Waals surface area contributed by atoms with E-state index in [9.17, 15) is 0 Å². The molecule has 0 bridgehead atoms. The van der Waals surface area contributed by atoms with Crippen molar-refractivity contribution in [3.8, 4) is 0 Å². The van der Waals surface area contributed by atoms with E-state index in [0.717, 1.165) is 5.70 Å². The molecule has 0 saturated heterocycles. The highest BCUT2D eigenvalue weighted by molar-refractivity contribution is 5.95. The van der Waals surface area contributed by atoms with E-state index in [1.165, 1.54) is 11.3 Å². The second-order valence-corrected chi connectivity index (χ2v) is 3.81. The highest BCUT2D eigenvalue weighted by Gasteiger charge is 2.33. The van der Waals surface area contributed by atoms with Crippen LogP contribution in [-0.4, -0.2) is 5.71 Å². The van der Waals surface area contributed by atoms with Gasteiger partial charge in [-0.15, -0.1) is 0 Å². The summed E-state index contributed by atoms with van der Waals surface area (Å²) in [6.45, 7) is 12.2. The van der Waals surface area contributed by atoms with Crippen molar-refractivity contribution in [2.24, 2.45) is 10.4 Å². The van der Waals surface area contributed by atoms with Crippen molar-refractivity contribution in [2.45, 2.75) is 27.7 Å². The quantitative estimate of drug-likeness (QED) is 0.578. The predicted octanol–water partition coefficient (Wildman–Crippen LogP) is 3.50. The normalized spacial score (nSPS) is 26.6. The molecule has 1 aliphatic heterocycles. The summed E-state index contributed by atoms with van der Waals surface area (Å²) < 4.78 is 0. The third-order valence-electron chi connectivity index (χ3n) is 2.70. The summed E-state index contributed by atoms with van der Waals surface area (Å²) in [4.78, 5) is 4.52. The third kappa shape index (κ3) is 1.51. The van der Waals surface area contributed by atoms with Gasteiger partial charge >= 0.3 is 0 Å². The van der Waals surface area contributed by atoms with Crippen molar-refractivity contribution in [3.05, 3.63) is 36.1 Å². The minimum absolute atomic E-state index is 0.0655. The molecule has 0 unspecified atom stereocenters. The lowest BCUT2D eigenvalue weighted by Gasteiger charge is -2.20. The molecule has 1 heterocycles. The van der Waals surface area contributed by atoms with Gasteiger partial charge in [-0.1, -0.05) is 38.7 Å². The Morgan fingerprint density at radius 2 is 2.00 bits per heavy atom. The fourth-order valence-electron chi connectivity index (χ4n) is 1.53. The Kier molecular flexibility index (Phi) is 2.55. The zero-order valence-corrected chi connectivity index (χ0v) is 8.89.